The van der Waals surface area contributed by atoms with Gasteiger partial charge in [0, 0.05) is 18.5 Å². The number of ether oxygens (including phenoxy) is 1. The number of rotatable bonds is 2. The zero-order chi connectivity index (χ0) is 9.90. The van der Waals surface area contributed by atoms with Gasteiger partial charge in [-0.2, -0.15) is 0 Å². The molecule has 2 N–H and O–H groups in total. The van der Waals surface area contributed by atoms with E-state index in [2.05, 4.69) is 4.74 Å². The molecule has 0 heterocycles. The van der Waals surface area contributed by atoms with Crippen molar-refractivity contribution in [2.75, 3.05) is 6.54 Å². The van der Waals surface area contributed by atoms with Gasteiger partial charge in [-0.15, -0.1) is 13.2 Å². The van der Waals surface area contributed by atoms with E-state index in [1.165, 1.54) is 0 Å². The highest BCUT2D eigenvalue weighted by molar-refractivity contribution is 5.27. The molecule has 0 unspecified atom stereocenters. The van der Waals surface area contributed by atoms with Gasteiger partial charge in [0.25, 0.3) is 0 Å². The van der Waals surface area contributed by atoms with E-state index in [1.807, 2.05) is 0 Å². The fourth-order valence-corrected chi connectivity index (χ4v) is 1.13. The predicted octanol–water partition coefficient (Wildman–Crippen LogP) is 2.09. The van der Waals surface area contributed by atoms with E-state index in [-0.39, 0.29) is 18.7 Å². The van der Waals surface area contributed by atoms with E-state index in [0.717, 1.165) is 0 Å². The zero-order valence-electron chi connectivity index (χ0n) is 6.90. The van der Waals surface area contributed by atoms with Crippen molar-refractivity contribution in [3.63, 3.8) is 0 Å². The minimum Gasteiger partial charge on any atom is -0.410 e. The monoisotopic (exact) mass is 193 g/mol. The van der Waals surface area contributed by atoms with E-state index in [0.29, 0.717) is 12.0 Å². The topological polar surface area (TPSA) is 35.2 Å². The van der Waals surface area contributed by atoms with Gasteiger partial charge in [-0.25, -0.2) is 0 Å². The van der Waals surface area contributed by atoms with Crippen molar-refractivity contribution in [1.82, 2.24) is 0 Å². The Balaban J connectivity index is 2.75. The van der Waals surface area contributed by atoms with E-state index < -0.39 is 6.36 Å². The molecule has 0 atom stereocenters. The molecule has 5 heteroatoms. The molecule has 0 fully saturated rings. The van der Waals surface area contributed by atoms with E-state index in [9.17, 15) is 13.2 Å². The second-order valence-corrected chi connectivity index (χ2v) is 2.64. The van der Waals surface area contributed by atoms with Crippen molar-refractivity contribution in [3.8, 4) is 0 Å². The first-order chi connectivity index (χ1) is 6.03. The maximum atomic E-state index is 11.8. The third-order valence-corrected chi connectivity index (χ3v) is 1.67. The van der Waals surface area contributed by atoms with Crippen molar-refractivity contribution in [2.45, 2.75) is 19.2 Å². The molecule has 0 amide bonds. The number of hydrogen-bond acceptors (Lipinski definition) is 2. The summed E-state index contributed by atoms with van der Waals surface area (Å²) in [6.45, 7) is 0.0713. The first-order valence-corrected chi connectivity index (χ1v) is 3.87. The van der Waals surface area contributed by atoms with Gasteiger partial charge >= 0.3 is 6.36 Å². The normalized spacial score (nSPS) is 17.8. The van der Waals surface area contributed by atoms with Crippen LogP contribution in [0, 0.1) is 0 Å². The van der Waals surface area contributed by atoms with Crippen molar-refractivity contribution < 1.29 is 17.9 Å². The predicted molar refractivity (Wildman–Crippen MR) is 41.6 cm³/mol. The molecule has 0 saturated carbocycles. The minimum absolute atomic E-state index is 0.0579. The van der Waals surface area contributed by atoms with Gasteiger partial charge in [0.1, 0.15) is 5.76 Å². The first-order valence-electron chi connectivity index (χ1n) is 3.87. The minimum atomic E-state index is -4.61. The summed E-state index contributed by atoms with van der Waals surface area (Å²) in [7, 11) is 0. The van der Waals surface area contributed by atoms with Crippen molar-refractivity contribution >= 4 is 0 Å². The largest absolute Gasteiger partial charge is 0.572 e. The molecule has 0 spiro atoms. The Morgan fingerprint density at radius 1 is 1.46 bits per heavy atom. The van der Waals surface area contributed by atoms with Crippen LogP contribution in [0.2, 0.25) is 0 Å². The van der Waals surface area contributed by atoms with E-state index >= 15 is 0 Å². The summed E-state index contributed by atoms with van der Waals surface area (Å²) in [5, 5.41) is 0. The van der Waals surface area contributed by atoms with Gasteiger partial charge in [-0.3, -0.25) is 0 Å². The van der Waals surface area contributed by atoms with Crippen LogP contribution < -0.4 is 5.73 Å². The fraction of sp³-hybridized carbons (Fsp3) is 0.500. The van der Waals surface area contributed by atoms with Crippen LogP contribution in [0.25, 0.3) is 0 Å². The van der Waals surface area contributed by atoms with Gasteiger partial charge in [0.15, 0.2) is 0 Å². The lowest BCUT2D eigenvalue weighted by molar-refractivity contribution is -0.306. The highest BCUT2D eigenvalue weighted by Crippen LogP contribution is 2.27. The lowest BCUT2D eigenvalue weighted by Gasteiger charge is -2.17. The second kappa shape index (κ2) is 3.83. The van der Waals surface area contributed by atoms with E-state index in [4.69, 9.17) is 5.73 Å². The van der Waals surface area contributed by atoms with Gasteiger partial charge in [-0.1, -0.05) is 12.2 Å². The van der Waals surface area contributed by atoms with Crippen molar-refractivity contribution in [1.29, 1.82) is 0 Å². The molecule has 2 nitrogen and oxygen atoms in total. The summed E-state index contributed by atoms with van der Waals surface area (Å²) in [6.07, 6.45) is -0.422. The summed E-state index contributed by atoms with van der Waals surface area (Å²) < 4.78 is 39.3. The molecule has 0 bridgehead atoms. The summed E-state index contributed by atoms with van der Waals surface area (Å²) in [6, 6.07) is 0. The molecule has 0 saturated heterocycles. The SMILES string of the molecule is NCC1=C(OC(F)(F)F)CCC=C1. The maximum Gasteiger partial charge on any atom is 0.572 e. The van der Waals surface area contributed by atoms with Crippen LogP contribution >= 0.6 is 0 Å². The Morgan fingerprint density at radius 2 is 2.15 bits per heavy atom. The molecule has 0 aromatic heterocycles. The Hall–Kier alpha value is -0.970. The Morgan fingerprint density at radius 3 is 2.69 bits per heavy atom. The Labute approximate surface area is 73.9 Å². The molecule has 0 aromatic carbocycles. The molecule has 74 valence electrons. The quantitative estimate of drug-likeness (QED) is 0.728. The van der Waals surface area contributed by atoms with Gasteiger partial charge in [0.2, 0.25) is 0 Å². The molecule has 0 aliphatic heterocycles. The highest BCUT2D eigenvalue weighted by atomic mass is 19.4. The molecule has 1 aliphatic carbocycles. The number of halogens is 3. The zero-order valence-corrected chi connectivity index (χ0v) is 6.90. The standard InChI is InChI=1S/C8H10F3NO/c9-8(10,11)13-7-4-2-1-3-6(7)5-12/h1,3H,2,4-5,12H2. The summed E-state index contributed by atoms with van der Waals surface area (Å²) in [5.74, 6) is -0.0579. The Kier molecular flexibility index (Phi) is 2.98. The average Bonchev–Trinajstić information content (AvgIpc) is 2.02. The number of hydrogen-bond donors (Lipinski definition) is 1. The van der Waals surface area contributed by atoms with Crippen LogP contribution in [-0.2, 0) is 4.74 Å². The summed E-state index contributed by atoms with van der Waals surface area (Å²) in [4.78, 5) is 0. The molecule has 0 aromatic rings. The van der Waals surface area contributed by atoms with Crippen LogP contribution in [0.1, 0.15) is 12.8 Å². The number of nitrogens with two attached hydrogens (primary N) is 1. The van der Waals surface area contributed by atoms with Gasteiger partial charge < -0.3 is 10.5 Å². The Bertz CT molecular complexity index is 242. The lowest BCUT2D eigenvalue weighted by Crippen LogP contribution is -2.17. The molecule has 0 radical (unpaired) electrons. The van der Waals surface area contributed by atoms with E-state index in [1.54, 1.807) is 12.2 Å². The second-order valence-electron chi connectivity index (χ2n) is 2.64. The third kappa shape index (κ3) is 3.10. The summed E-state index contributed by atoms with van der Waals surface area (Å²) in [5.41, 5.74) is 5.68. The molecule has 1 aliphatic rings. The molecular weight excluding hydrogens is 183 g/mol. The van der Waals surface area contributed by atoms with Gasteiger partial charge in [-0.05, 0) is 6.42 Å². The van der Waals surface area contributed by atoms with Crippen molar-refractivity contribution in [3.05, 3.63) is 23.5 Å². The van der Waals surface area contributed by atoms with Crippen LogP contribution in [0.4, 0.5) is 13.2 Å². The molecular formula is C8H10F3NO. The van der Waals surface area contributed by atoms with Crippen LogP contribution in [0.15, 0.2) is 23.5 Å². The number of alkyl halides is 3. The summed E-state index contributed by atoms with van der Waals surface area (Å²) >= 11 is 0. The van der Waals surface area contributed by atoms with Crippen molar-refractivity contribution in [2.24, 2.45) is 5.73 Å². The fourth-order valence-electron chi connectivity index (χ4n) is 1.13. The average molecular weight is 193 g/mol. The molecule has 1 rings (SSSR count). The van der Waals surface area contributed by atoms with Gasteiger partial charge in [0.05, 0.1) is 0 Å². The smallest absolute Gasteiger partial charge is 0.410 e. The molecule has 13 heavy (non-hydrogen) atoms. The highest BCUT2D eigenvalue weighted by Gasteiger charge is 2.32. The maximum absolute atomic E-state index is 11.8. The van der Waals surface area contributed by atoms with Crippen LogP contribution in [0.3, 0.4) is 0 Å². The van der Waals surface area contributed by atoms with Crippen LogP contribution in [0.5, 0.6) is 0 Å². The van der Waals surface area contributed by atoms with Crippen LogP contribution in [-0.4, -0.2) is 12.9 Å². The first kappa shape index (κ1) is 10.1. The lowest BCUT2D eigenvalue weighted by atomic mass is 10.1. The third-order valence-electron chi connectivity index (χ3n) is 1.67. The number of allylic oxidation sites excluding steroid dienone is 2.